The highest BCUT2D eigenvalue weighted by atomic mass is 16.5. The second-order valence-electron chi connectivity index (χ2n) is 6.76. The lowest BCUT2D eigenvalue weighted by atomic mass is 9.90. The summed E-state index contributed by atoms with van der Waals surface area (Å²) in [7, 11) is 0. The summed E-state index contributed by atoms with van der Waals surface area (Å²) in [6.45, 7) is 5.08. The van der Waals surface area contributed by atoms with Gasteiger partial charge in [0.25, 0.3) is 0 Å². The second-order valence-corrected chi connectivity index (χ2v) is 6.76. The largest absolute Gasteiger partial charge is 0.376 e. The summed E-state index contributed by atoms with van der Waals surface area (Å²) in [6, 6.07) is 1.96. The Hall–Kier alpha value is -2.32. The Kier molecular flexibility index (Phi) is 4.46. The van der Waals surface area contributed by atoms with Crippen molar-refractivity contribution < 1.29 is 14.1 Å². The minimum atomic E-state index is -0.0414. The van der Waals surface area contributed by atoms with Gasteiger partial charge < -0.3 is 14.6 Å². The van der Waals surface area contributed by atoms with E-state index < -0.39 is 0 Å². The molecule has 1 N–H and O–H groups in total. The summed E-state index contributed by atoms with van der Waals surface area (Å²) in [5.74, 6) is 1.87. The molecule has 0 saturated carbocycles. The zero-order valence-corrected chi connectivity index (χ0v) is 14.1. The maximum Gasteiger partial charge on any atom is 0.225 e. The Morgan fingerprint density at radius 3 is 3.08 bits per heavy atom. The van der Waals surface area contributed by atoms with Gasteiger partial charge in [0.2, 0.25) is 5.91 Å². The minimum absolute atomic E-state index is 0.0414. The van der Waals surface area contributed by atoms with Crippen LogP contribution in [0.15, 0.2) is 29.2 Å². The van der Waals surface area contributed by atoms with Crippen molar-refractivity contribution in [1.82, 2.24) is 20.0 Å². The Morgan fingerprint density at radius 1 is 1.40 bits per heavy atom. The molecule has 2 aromatic rings. The third-order valence-corrected chi connectivity index (χ3v) is 4.86. The lowest BCUT2D eigenvalue weighted by molar-refractivity contribution is -0.117. The molecule has 0 radical (unpaired) electrons. The van der Waals surface area contributed by atoms with Gasteiger partial charge in [0.05, 0.1) is 24.6 Å². The number of fused-ring (bicyclic) bond motifs is 1. The van der Waals surface area contributed by atoms with Crippen LogP contribution in [0.2, 0.25) is 0 Å². The second kappa shape index (κ2) is 6.89. The molecule has 25 heavy (non-hydrogen) atoms. The van der Waals surface area contributed by atoms with E-state index in [4.69, 9.17) is 9.26 Å². The fourth-order valence-corrected chi connectivity index (χ4v) is 3.74. The van der Waals surface area contributed by atoms with Crippen molar-refractivity contribution in [1.29, 1.82) is 0 Å². The van der Waals surface area contributed by atoms with E-state index in [0.29, 0.717) is 24.8 Å². The first-order chi connectivity index (χ1) is 12.2. The molecule has 1 amide bonds. The van der Waals surface area contributed by atoms with E-state index in [0.717, 1.165) is 31.1 Å². The SMILES string of the molecule is Cc1cc(CN2C[C@H]3[C@@H](CC(=O)Nc4cnccn4)CO[C@H]3C2)no1. The smallest absolute Gasteiger partial charge is 0.225 e. The van der Waals surface area contributed by atoms with E-state index in [2.05, 4.69) is 25.3 Å². The minimum Gasteiger partial charge on any atom is -0.376 e. The number of carbonyl (C=O) groups is 1. The standard InChI is InChI=1S/C17H21N5O3/c1-11-4-13(21-25-11)7-22-8-14-12(10-24-15(14)9-22)5-17(23)20-16-6-18-2-3-19-16/h2-4,6,12,14-15H,5,7-10H2,1H3,(H,19,20,23)/t12-,14-,15-/m0/s1. The molecule has 4 rings (SSSR count). The molecular weight excluding hydrogens is 322 g/mol. The molecule has 2 aliphatic heterocycles. The number of aromatic nitrogens is 3. The average molecular weight is 343 g/mol. The Balaban J connectivity index is 1.31. The predicted octanol–water partition coefficient (Wildman–Crippen LogP) is 1.25. The number of likely N-dealkylation sites (tertiary alicyclic amines) is 1. The highest BCUT2D eigenvalue weighted by molar-refractivity contribution is 5.89. The molecule has 8 heteroatoms. The van der Waals surface area contributed by atoms with Gasteiger partial charge in [0.15, 0.2) is 5.82 Å². The van der Waals surface area contributed by atoms with Gasteiger partial charge in [-0.1, -0.05) is 5.16 Å². The Morgan fingerprint density at radius 2 is 2.32 bits per heavy atom. The maximum absolute atomic E-state index is 12.3. The fourth-order valence-electron chi connectivity index (χ4n) is 3.74. The molecule has 2 fully saturated rings. The summed E-state index contributed by atoms with van der Waals surface area (Å²) in [4.78, 5) is 22.6. The van der Waals surface area contributed by atoms with Crippen molar-refractivity contribution in [3.63, 3.8) is 0 Å². The quantitative estimate of drug-likeness (QED) is 0.873. The number of anilines is 1. The molecule has 132 valence electrons. The van der Waals surface area contributed by atoms with E-state index in [1.165, 1.54) is 0 Å². The molecule has 0 unspecified atom stereocenters. The molecule has 3 atom stereocenters. The summed E-state index contributed by atoms with van der Waals surface area (Å²) in [6.07, 6.45) is 5.32. The Bertz CT molecular complexity index is 735. The summed E-state index contributed by atoms with van der Waals surface area (Å²) < 4.78 is 11.0. The molecule has 8 nitrogen and oxygen atoms in total. The highest BCUT2D eigenvalue weighted by Crippen LogP contribution is 2.36. The van der Waals surface area contributed by atoms with E-state index in [-0.39, 0.29) is 17.9 Å². The van der Waals surface area contributed by atoms with Crippen LogP contribution in [-0.4, -0.2) is 51.7 Å². The molecule has 2 aromatic heterocycles. The lowest BCUT2D eigenvalue weighted by Gasteiger charge is -2.18. The predicted molar refractivity (Wildman–Crippen MR) is 88.5 cm³/mol. The van der Waals surface area contributed by atoms with Gasteiger partial charge in [0.1, 0.15) is 5.76 Å². The van der Waals surface area contributed by atoms with Gasteiger partial charge in [0, 0.05) is 50.4 Å². The Labute approximate surface area is 145 Å². The monoisotopic (exact) mass is 343 g/mol. The highest BCUT2D eigenvalue weighted by Gasteiger charge is 2.44. The first-order valence-electron chi connectivity index (χ1n) is 8.49. The molecule has 0 aromatic carbocycles. The molecule has 0 aliphatic carbocycles. The number of hydrogen-bond donors (Lipinski definition) is 1. The first kappa shape index (κ1) is 16.2. The van der Waals surface area contributed by atoms with Gasteiger partial charge in [-0.15, -0.1) is 0 Å². The summed E-state index contributed by atoms with van der Waals surface area (Å²) in [5, 5.41) is 6.85. The van der Waals surface area contributed by atoms with Crippen molar-refractivity contribution in [2.75, 3.05) is 25.0 Å². The number of aryl methyl sites for hydroxylation is 1. The van der Waals surface area contributed by atoms with Crippen molar-refractivity contribution in [2.24, 2.45) is 11.8 Å². The van der Waals surface area contributed by atoms with E-state index in [1.54, 1.807) is 18.6 Å². The lowest BCUT2D eigenvalue weighted by Crippen LogP contribution is -2.26. The molecule has 4 heterocycles. The van der Waals surface area contributed by atoms with Crippen molar-refractivity contribution in [2.45, 2.75) is 26.0 Å². The molecule has 0 spiro atoms. The maximum atomic E-state index is 12.3. The fraction of sp³-hybridized carbons (Fsp3) is 0.529. The first-order valence-corrected chi connectivity index (χ1v) is 8.49. The zero-order valence-electron chi connectivity index (χ0n) is 14.1. The topological polar surface area (TPSA) is 93.4 Å². The van der Waals surface area contributed by atoms with Crippen LogP contribution < -0.4 is 5.32 Å². The van der Waals surface area contributed by atoms with Crippen molar-refractivity contribution >= 4 is 11.7 Å². The van der Waals surface area contributed by atoms with Gasteiger partial charge in [-0.25, -0.2) is 4.98 Å². The van der Waals surface area contributed by atoms with Gasteiger partial charge in [-0.2, -0.15) is 0 Å². The number of hydrogen-bond acceptors (Lipinski definition) is 7. The summed E-state index contributed by atoms with van der Waals surface area (Å²) >= 11 is 0. The zero-order chi connectivity index (χ0) is 17.2. The van der Waals surface area contributed by atoms with Gasteiger partial charge >= 0.3 is 0 Å². The van der Waals surface area contributed by atoms with Crippen LogP contribution in [0, 0.1) is 18.8 Å². The van der Waals surface area contributed by atoms with E-state index in [9.17, 15) is 4.79 Å². The van der Waals surface area contributed by atoms with Crippen LogP contribution in [0.25, 0.3) is 0 Å². The summed E-state index contributed by atoms with van der Waals surface area (Å²) in [5.41, 5.74) is 0.939. The van der Waals surface area contributed by atoms with Crippen LogP contribution in [-0.2, 0) is 16.1 Å². The van der Waals surface area contributed by atoms with Crippen LogP contribution in [0.3, 0.4) is 0 Å². The average Bonchev–Trinajstić information content (AvgIpc) is 3.27. The van der Waals surface area contributed by atoms with Crippen LogP contribution >= 0.6 is 0 Å². The van der Waals surface area contributed by atoms with Crippen LogP contribution in [0.5, 0.6) is 0 Å². The van der Waals surface area contributed by atoms with E-state index >= 15 is 0 Å². The van der Waals surface area contributed by atoms with Gasteiger partial charge in [-0.3, -0.25) is 14.7 Å². The molecule has 0 bridgehead atoms. The van der Waals surface area contributed by atoms with Crippen LogP contribution in [0.4, 0.5) is 5.82 Å². The third-order valence-electron chi connectivity index (χ3n) is 4.86. The van der Waals surface area contributed by atoms with Gasteiger partial charge in [-0.05, 0) is 12.8 Å². The number of ether oxygens (including phenoxy) is 1. The van der Waals surface area contributed by atoms with E-state index in [1.807, 2.05) is 13.0 Å². The molecule has 2 aliphatic rings. The molecular formula is C17H21N5O3. The number of nitrogens with one attached hydrogen (secondary N) is 1. The van der Waals surface area contributed by atoms with Crippen molar-refractivity contribution in [3.05, 3.63) is 36.1 Å². The number of amides is 1. The molecule has 2 saturated heterocycles. The number of rotatable bonds is 5. The third kappa shape index (κ3) is 3.69. The normalized spacial score (nSPS) is 25.9. The number of nitrogens with zero attached hydrogens (tertiary/aromatic N) is 4. The van der Waals surface area contributed by atoms with Crippen molar-refractivity contribution in [3.8, 4) is 0 Å². The number of carbonyl (C=O) groups excluding carboxylic acids is 1. The van der Waals surface area contributed by atoms with Crippen LogP contribution in [0.1, 0.15) is 17.9 Å².